The lowest BCUT2D eigenvalue weighted by Gasteiger charge is -2.11. The van der Waals surface area contributed by atoms with Crippen molar-refractivity contribution in [2.24, 2.45) is 0 Å². The van der Waals surface area contributed by atoms with Crippen LogP contribution < -0.4 is 0 Å². The summed E-state index contributed by atoms with van der Waals surface area (Å²) in [4.78, 5) is 8.48. The summed E-state index contributed by atoms with van der Waals surface area (Å²) in [5.74, 6) is 0. The first kappa shape index (κ1) is 13.7. The second kappa shape index (κ2) is 7.00. The van der Waals surface area contributed by atoms with E-state index in [9.17, 15) is 5.11 Å². The smallest absolute Gasteiger partial charge is 0.0890 e. The standard InChI is InChI=1S/C16H20N2O/c1-2-3-4-5-6-7-16(19)13-8-9-14-15(12-13)18-11-10-17-14/h2,8-12,16,19H,1,3-7H2. The highest BCUT2D eigenvalue weighted by atomic mass is 16.3. The molecule has 0 radical (unpaired) electrons. The van der Waals surface area contributed by atoms with Crippen molar-refractivity contribution in [3.63, 3.8) is 0 Å². The molecule has 1 atom stereocenters. The summed E-state index contributed by atoms with van der Waals surface area (Å²) >= 11 is 0. The summed E-state index contributed by atoms with van der Waals surface area (Å²) in [6.07, 6.45) is 10.1. The van der Waals surface area contributed by atoms with Gasteiger partial charge in [0.1, 0.15) is 0 Å². The largest absolute Gasteiger partial charge is 0.388 e. The molecule has 0 fully saturated rings. The van der Waals surface area contributed by atoms with Gasteiger partial charge in [0, 0.05) is 12.4 Å². The lowest BCUT2D eigenvalue weighted by molar-refractivity contribution is 0.163. The molecule has 100 valence electrons. The fourth-order valence-electron chi connectivity index (χ4n) is 2.16. The normalized spacial score (nSPS) is 12.5. The van der Waals surface area contributed by atoms with Gasteiger partial charge in [0.15, 0.2) is 0 Å². The fraction of sp³-hybridized carbons (Fsp3) is 0.375. The Labute approximate surface area is 114 Å². The molecule has 0 aliphatic carbocycles. The minimum Gasteiger partial charge on any atom is -0.388 e. The lowest BCUT2D eigenvalue weighted by atomic mass is 10.0. The first-order chi connectivity index (χ1) is 9.31. The Balaban J connectivity index is 1.93. The van der Waals surface area contributed by atoms with Gasteiger partial charge in [0.05, 0.1) is 17.1 Å². The van der Waals surface area contributed by atoms with Crippen molar-refractivity contribution < 1.29 is 5.11 Å². The van der Waals surface area contributed by atoms with E-state index in [2.05, 4.69) is 16.5 Å². The SMILES string of the molecule is C=CCCCCCC(O)c1ccc2nccnc2c1. The van der Waals surface area contributed by atoms with Gasteiger partial charge >= 0.3 is 0 Å². The average molecular weight is 256 g/mol. The van der Waals surface area contributed by atoms with E-state index in [-0.39, 0.29) is 0 Å². The molecule has 0 saturated carbocycles. The van der Waals surface area contributed by atoms with E-state index in [1.54, 1.807) is 12.4 Å². The Morgan fingerprint density at radius 1 is 1.11 bits per heavy atom. The predicted molar refractivity (Wildman–Crippen MR) is 77.8 cm³/mol. The van der Waals surface area contributed by atoms with Gasteiger partial charge in [-0.15, -0.1) is 6.58 Å². The van der Waals surface area contributed by atoms with Crippen LogP contribution in [0.25, 0.3) is 11.0 Å². The van der Waals surface area contributed by atoms with Crippen molar-refractivity contribution >= 4 is 11.0 Å². The third-order valence-corrected chi connectivity index (χ3v) is 3.26. The first-order valence-electron chi connectivity index (χ1n) is 6.81. The number of rotatable bonds is 7. The molecule has 0 amide bonds. The van der Waals surface area contributed by atoms with E-state index in [0.29, 0.717) is 0 Å². The molecule has 0 aliphatic rings. The molecular formula is C16H20N2O. The number of aliphatic hydroxyl groups excluding tert-OH is 1. The number of aromatic nitrogens is 2. The van der Waals surface area contributed by atoms with E-state index in [0.717, 1.165) is 48.7 Å². The highest BCUT2D eigenvalue weighted by Gasteiger charge is 2.08. The molecule has 2 aromatic rings. The van der Waals surface area contributed by atoms with Crippen molar-refractivity contribution in [2.75, 3.05) is 0 Å². The topological polar surface area (TPSA) is 46.0 Å². The molecule has 1 aromatic carbocycles. The lowest BCUT2D eigenvalue weighted by Crippen LogP contribution is -1.98. The summed E-state index contributed by atoms with van der Waals surface area (Å²) in [5, 5.41) is 10.2. The molecule has 0 spiro atoms. The Bertz CT molecular complexity index is 539. The van der Waals surface area contributed by atoms with Crippen LogP contribution in [0.15, 0.2) is 43.2 Å². The molecule has 0 bridgehead atoms. The van der Waals surface area contributed by atoms with E-state index in [1.165, 1.54) is 0 Å². The number of hydrogen-bond acceptors (Lipinski definition) is 3. The monoisotopic (exact) mass is 256 g/mol. The molecule has 2 rings (SSSR count). The average Bonchev–Trinajstić information content (AvgIpc) is 2.46. The quantitative estimate of drug-likeness (QED) is 0.605. The first-order valence-corrected chi connectivity index (χ1v) is 6.81. The highest BCUT2D eigenvalue weighted by molar-refractivity contribution is 5.74. The maximum absolute atomic E-state index is 10.2. The zero-order valence-electron chi connectivity index (χ0n) is 11.1. The zero-order valence-corrected chi connectivity index (χ0v) is 11.1. The molecule has 1 aromatic heterocycles. The van der Waals surface area contributed by atoms with Gasteiger partial charge in [0.25, 0.3) is 0 Å². The summed E-state index contributed by atoms with van der Waals surface area (Å²) < 4.78 is 0. The number of fused-ring (bicyclic) bond motifs is 1. The second-order valence-corrected chi connectivity index (χ2v) is 4.75. The molecule has 0 saturated heterocycles. The number of benzene rings is 1. The number of allylic oxidation sites excluding steroid dienone is 1. The summed E-state index contributed by atoms with van der Waals surface area (Å²) in [6, 6.07) is 5.78. The van der Waals surface area contributed by atoms with Crippen LogP contribution in [0.1, 0.15) is 43.8 Å². The molecule has 1 heterocycles. The summed E-state index contributed by atoms with van der Waals surface area (Å²) in [7, 11) is 0. The number of hydrogen-bond donors (Lipinski definition) is 1. The maximum Gasteiger partial charge on any atom is 0.0890 e. The molecule has 19 heavy (non-hydrogen) atoms. The van der Waals surface area contributed by atoms with Crippen LogP contribution in [0.3, 0.4) is 0 Å². The molecule has 1 N–H and O–H groups in total. The number of aliphatic hydroxyl groups is 1. The van der Waals surface area contributed by atoms with E-state index < -0.39 is 6.10 Å². The van der Waals surface area contributed by atoms with Crippen molar-refractivity contribution in [3.8, 4) is 0 Å². The third kappa shape index (κ3) is 3.86. The van der Waals surface area contributed by atoms with Crippen LogP contribution in [0.4, 0.5) is 0 Å². The van der Waals surface area contributed by atoms with Crippen molar-refractivity contribution in [3.05, 3.63) is 48.8 Å². The van der Waals surface area contributed by atoms with Crippen LogP contribution in [0.2, 0.25) is 0 Å². The van der Waals surface area contributed by atoms with Gasteiger partial charge in [-0.1, -0.05) is 25.0 Å². The van der Waals surface area contributed by atoms with Gasteiger partial charge < -0.3 is 5.11 Å². The predicted octanol–water partition coefficient (Wildman–Crippen LogP) is 3.80. The van der Waals surface area contributed by atoms with Crippen LogP contribution in [-0.4, -0.2) is 15.1 Å². The van der Waals surface area contributed by atoms with E-state index in [4.69, 9.17) is 0 Å². The second-order valence-electron chi connectivity index (χ2n) is 4.75. The van der Waals surface area contributed by atoms with E-state index >= 15 is 0 Å². The molecule has 3 nitrogen and oxygen atoms in total. The minimum absolute atomic E-state index is 0.407. The number of nitrogens with zero attached hydrogens (tertiary/aromatic N) is 2. The highest BCUT2D eigenvalue weighted by Crippen LogP contribution is 2.22. The fourth-order valence-corrected chi connectivity index (χ4v) is 2.16. The van der Waals surface area contributed by atoms with Crippen LogP contribution in [0, 0.1) is 0 Å². The van der Waals surface area contributed by atoms with Gasteiger partial charge in [-0.2, -0.15) is 0 Å². The summed E-state index contributed by atoms with van der Waals surface area (Å²) in [6.45, 7) is 3.71. The molecular weight excluding hydrogens is 236 g/mol. The Morgan fingerprint density at radius 3 is 2.68 bits per heavy atom. The Hall–Kier alpha value is -1.74. The molecule has 1 unspecified atom stereocenters. The number of unbranched alkanes of at least 4 members (excludes halogenated alkanes) is 3. The van der Waals surface area contributed by atoms with Gasteiger partial charge in [-0.25, -0.2) is 0 Å². The van der Waals surface area contributed by atoms with Gasteiger partial charge in [-0.3, -0.25) is 9.97 Å². The molecule has 0 aliphatic heterocycles. The van der Waals surface area contributed by atoms with Crippen LogP contribution >= 0.6 is 0 Å². The van der Waals surface area contributed by atoms with Crippen molar-refractivity contribution in [2.45, 2.75) is 38.2 Å². The Morgan fingerprint density at radius 2 is 1.89 bits per heavy atom. The molecule has 3 heteroatoms. The zero-order chi connectivity index (χ0) is 13.5. The van der Waals surface area contributed by atoms with Gasteiger partial charge in [0.2, 0.25) is 0 Å². The van der Waals surface area contributed by atoms with Crippen molar-refractivity contribution in [1.82, 2.24) is 9.97 Å². The van der Waals surface area contributed by atoms with Crippen LogP contribution in [0.5, 0.6) is 0 Å². The van der Waals surface area contributed by atoms with Crippen LogP contribution in [-0.2, 0) is 0 Å². The summed E-state index contributed by atoms with van der Waals surface area (Å²) in [5.41, 5.74) is 2.63. The van der Waals surface area contributed by atoms with Crippen molar-refractivity contribution in [1.29, 1.82) is 0 Å². The Kier molecular flexibility index (Phi) is 5.04. The third-order valence-electron chi connectivity index (χ3n) is 3.26. The maximum atomic E-state index is 10.2. The minimum atomic E-state index is -0.407. The van der Waals surface area contributed by atoms with Gasteiger partial charge in [-0.05, 0) is 37.0 Å². The van der Waals surface area contributed by atoms with E-state index in [1.807, 2.05) is 24.3 Å².